The normalized spacial score (nSPS) is 9.38. The van der Waals surface area contributed by atoms with Crippen LogP contribution in [0.3, 0.4) is 0 Å². The van der Waals surface area contributed by atoms with E-state index in [1.165, 1.54) is 9.80 Å². The summed E-state index contributed by atoms with van der Waals surface area (Å²) in [5, 5.41) is 2.80. The Bertz CT molecular complexity index is 281. The van der Waals surface area contributed by atoms with Crippen LogP contribution in [0.2, 0.25) is 0 Å². The molecule has 5 nitrogen and oxygen atoms in total. The number of hydrogen-bond donors (Lipinski definition) is 1. The molecule has 5 heteroatoms. The van der Waals surface area contributed by atoms with Gasteiger partial charge in [0.05, 0.1) is 19.6 Å². The summed E-state index contributed by atoms with van der Waals surface area (Å²) in [5.41, 5.74) is 0. The molecule has 0 aromatic rings. The molecule has 0 aromatic heterocycles. The average Bonchev–Trinajstić information content (AvgIpc) is 2.25. The van der Waals surface area contributed by atoms with Gasteiger partial charge in [-0.2, -0.15) is 0 Å². The zero-order valence-electron chi connectivity index (χ0n) is 10.1. The maximum atomic E-state index is 11.6. The van der Waals surface area contributed by atoms with Crippen LogP contribution < -0.4 is 5.32 Å². The molecule has 0 fully saturated rings. The number of nitrogens with one attached hydrogen (secondary N) is 1. The van der Waals surface area contributed by atoms with Crippen molar-refractivity contribution in [1.82, 2.24) is 15.1 Å². The summed E-state index contributed by atoms with van der Waals surface area (Å²) in [7, 11) is 3.33. The summed E-state index contributed by atoms with van der Waals surface area (Å²) in [6.07, 6.45) is 5.05. The minimum absolute atomic E-state index is 0.0906. The van der Waals surface area contributed by atoms with Crippen LogP contribution in [-0.2, 0) is 9.59 Å². The van der Waals surface area contributed by atoms with E-state index in [0.29, 0.717) is 13.1 Å². The zero-order chi connectivity index (χ0) is 12.6. The van der Waals surface area contributed by atoms with Crippen LogP contribution in [0.1, 0.15) is 6.92 Å². The fourth-order valence-electron chi connectivity index (χ4n) is 1.03. The monoisotopic (exact) mass is 225 g/mol. The Labute approximate surface area is 96.8 Å². The predicted octanol–water partition coefficient (Wildman–Crippen LogP) is -0.854. The fourth-order valence-corrected chi connectivity index (χ4v) is 1.03. The number of likely N-dealkylation sites (N-methyl/N-ethyl adjacent to an activating group) is 2. The first kappa shape index (κ1) is 14.5. The first-order valence-corrected chi connectivity index (χ1v) is 5.15. The third-order valence-electron chi connectivity index (χ3n) is 2.06. The van der Waals surface area contributed by atoms with Crippen molar-refractivity contribution in [3.05, 3.63) is 0 Å². The van der Waals surface area contributed by atoms with Crippen molar-refractivity contribution in [2.45, 2.75) is 6.92 Å². The average molecular weight is 225 g/mol. The SMILES string of the molecule is C#CCNCC(=O)N(CC)CC(=O)N(C)C. The molecule has 0 atom stereocenters. The lowest BCUT2D eigenvalue weighted by Crippen LogP contribution is -2.43. The molecule has 0 radical (unpaired) electrons. The quantitative estimate of drug-likeness (QED) is 0.473. The van der Waals surface area contributed by atoms with Crippen molar-refractivity contribution >= 4 is 11.8 Å². The molecule has 0 unspecified atom stereocenters. The lowest BCUT2D eigenvalue weighted by atomic mass is 10.4. The smallest absolute Gasteiger partial charge is 0.241 e. The molecule has 0 aliphatic rings. The standard InChI is InChI=1S/C11H19N3O2/c1-5-7-12-8-10(15)14(6-2)9-11(16)13(3)4/h1,12H,6-9H2,2-4H3. The minimum Gasteiger partial charge on any atom is -0.347 e. The highest BCUT2D eigenvalue weighted by Crippen LogP contribution is 1.91. The summed E-state index contributed by atoms with van der Waals surface area (Å²) in [4.78, 5) is 26.0. The van der Waals surface area contributed by atoms with Crippen molar-refractivity contribution in [3.63, 3.8) is 0 Å². The second kappa shape index (κ2) is 7.71. The summed E-state index contributed by atoms with van der Waals surface area (Å²) < 4.78 is 0. The van der Waals surface area contributed by atoms with E-state index in [9.17, 15) is 9.59 Å². The summed E-state index contributed by atoms with van der Waals surface area (Å²) in [5.74, 6) is 2.17. The van der Waals surface area contributed by atoms with Gasteiger partial charge in [0, 0.05) is 20.6 Å². The van der Waals surface area contributed by atoms with Crippen molar-refractivity contribution in [1.29, 1.82) is 0 Å². The second-order valence-corrected chi connectivity index (χ2v) is 3.50. The molecule has 0 spiro atoms. The number of rotatable bonds is 6. The van der Waals surface area contributed by atoms with E-state index in [0.717, 1.165) is 0 Å². The van der Waals surface area contributed by atoms with Gasteiger partial charge in [0.15, 0.2) is 0 Å². The molecule has 0 aromatic carbocycles. The van der Waals surface area contributed by atoms with E-state index >= 15 is 0 Å². The topological polar surface area (TPSA) is 52.7 Å². The van der Waals surface area contributed by atoms with Crippen LogP contribution in [0.25, 0.3) is 0 Å². The van der Waals surface area contributed by atoms with Crippen molar-refractivity contribution in [2.75, 3.05) is 40.3 Å². The van der Waals surface area contributed by atoms with Crippen LogP contribution in [0, 0.1) is 12.3 Å². The first-order chi connectivity index (χ1) is 7.52. The van der Waals surface area contributed by atoms with Crippen LogP contribution in [-0.4, -0.2) is 61.9 Å². The van der Waals surface area contributed by atoms with Gasteiger partial charge in [-0.15, -0.1) is 6.42 Å². The molecule has 0 aliphatic heterocycles. The van der Waals surface area contributed by atoms with E-state index in [1.807, 2.05) is 6.92 Å². The summed E-state index contributed by atoms with van der Waals surface area (Å²) in [6.45, 7) is 2.97. The molecule has 0 bridgehead atoms. The molecule has 0 saturated heterocycles. The van der Waals surface area contributed by atoms with Crippen molar-refractivity contribution < 1.29 is 9.59 Å². The number of carbonyl (C=O) groups is 2. The molecule has 16 heavy (non-hydrogen) atoms. The molecule has 1 N–H and O–H groups in total. The molecular weight excluding hydrogens is 206 g/mol. The van der Waals surface area contributed by atoms with E-state index in [2.05, 4.69) is 11.2 Å². The predicted molar refractivity (Wildman–Crippen MR) is 62.7 cm³/mol. The highest BCUT2D eigenvalue weighted by Gasteiger charge is 2.15. The van der Waals surface area contributed by atoms with Gasteiger partial charge in [0.25, 0.3) is 0 Å². The largest absolute Gasteiger partial charge is 0.347 e. The Balaban J connectivity index is 4.12. The van der Waals surface area contributed by atoms with Gasteiger partial charge >= 0.3 is 0 Å². The zero-order valence-corrected chi connectivity index (χ0v) is 10.1. The maximum Gasteiger partial charge on any atom is 0.241 e. The van der Waals surface area contributed by atoms with Crippen molar-refractivity contribution in [3.8, 4) is 12.3 Å². The summed E-state index contributed by atoms with van der Waals surface area (Å²) >= 11 is 0. The van der Waals surface area contributed by atoms with Crippen LogP contribution >= 0.6 is 0 Å². The summed E-state index contributed by atoms with van der Waals surface area (Å²) in [6, 6.07) is 0. The molecular formula is C11H19N3O2. The van der Waals surface area contributed by atoms with Gasteiger partial charge in [0.2, 0.25) is 11.8 Å². The number of terminal acetylenes is 1. The fraction of sp³-hybridized carbons (Fsp3) is 0.636. The van der Waals surface area contributed by atoms with Gasteiger partial charge < -0.3 is 9.80 Å². The third-order valence-corrected chi connectivity index (χ3v) is 2.06. The second-order valence-electron chi connectivity index (χ2n) is 3.50. The van der Waals surface area contributed by atoms with E-state index in [1.54, 1.807) is 14.1 Å². The third kappa shape index (κ3) is 5.37. The Morgan fingerprint density at radius 3 is 2.38 bits per heavy atom. The van der Waals surface area contributed by atoms with Crippen LogP contribution in [0.4, 0.5) is 0 Å². The maximum absolute atomic E-state index is 11.6. The molecule has 2 amide bonds. The van der Waals surface area contributed by atoms with E-state index < -0.39 is 0 Å². The first-order valence-electron chi connectivity index (χ1n) is 5.15. The molecule has 0 saturated carbocycles. The molecule has 0 heterocycles. The Morgan fingerprint density at radius 1 is 1.31 bits per heavy atom. The van der Waals surface area contributed by atoms with Crippen LogP contribution in [0.15, 0.2) is 0 Å². The number of carbonyl (C=O) groups excluding carboxylic acids is 2. The highest BCUT2D eigenvalue weighted by molar-refractivity contribution is 5.85. The van der Waals surface area contributed by atoms with Gasteiger partial charge in [-0.25, -0.2) is 0 Å². The Morgan fingerprint density at radius 2 is 1.94 bits per heavy atom. The molecule has 0 rings (SSSR count). The number of amides is 2. The van der Waals surface area contributed by atoms with E-state index in [-0.39, 0.29) is 24.9 Å². The Kier molecular flexibility index (Phi) is 6.97. The minimum atomic E-state index is -0.118. The van der Waals surface area contributed by atoms with Crippen molar-refractivity contribution in [2.24, 2.45) is 0 Å². The molecule has 90 valence electrons. The van der Waals surface area contributed by atoms with Gasteiger partial charge in [-0.05, 0) is 6.92 Å². The lowest BCUT2D eigenvalue weighted by Gasteiger charge is -2.22. The highest BCUT2D eigenvalue weighted by atomic mass is 16.2. The molecule has 0 aliphatic carbocycles. The Hall–Kier alpha value is -1.54. The van der Waals surface area contributed by atoms with Gasteiger partial charge in [-0.1, -0.05) is 5.92 Å². The van der Waals surface area contributed by atoms with Crippen LogP contribution in [0.5, 0.6) is 0 Å². The van der Waals surface area contributed by atoms with Gasteiger partial charge in [-0.3, -0.25) is 14.9 Å². The lowest BCUT2D eigenvalue weighted by molar-refractivity contribution is -0.138. The van der Waals surface area contributed by atoms with Gasteiger partial charge in [0.1, 0.15) is 0 Å². The number of hydrogen-bond acceptors (Lipinski definition) is 3. The number of nitrogens with zero attached hydrogens (tertiary/aromatic N) is 2. The van der Waals surface area contributed by atoms with E-state index in [4.69, 9.17) is 6.42 Å².